The predicted molar refractivity (Wildman–Crippen MR) is 154 cm³/mol. The molecule has 0 amide bonds. The van der Waals surface area contributed by atoms with Crippen LogP contribution in [0.4, 0.5) is 0 Å². The lowest BCUT2D eigenvalue weighted by Crippen LogP contribution is -2.08. The van der Waals surface area contributed by atoms with Crippen LogP contribution in [0.1, 0.15) is 76.0 Å². The zero-order valence-electron chi connectivity index (χ0n) is 22.4. The third-order valence-corrected chi connectivity index (χ3v) is 7.42. The Balaban J connectivity index is 1.78. The molecule has 4 heteroatoms. The Hall–Kier alpha value is -3.92. The van der Waals surface area contributed by atoms with Gasteiger partial charge in [0, 0.05) is 17.0 Å². The molecule has 0 atom stereocenters. The van der Waals surface area contributed by atoms with E-state index in [1.54, 1.807) is 6.20 Å². The summed E-state index contributed by atoms with van der Waals surface area (Å²) < 4.78 is 8.87. The van der Waals surface area contributed by atoms with Crippen LogP contribution in [0.25, 0.3) is 50.2 Å². The topological polar surface area (TPSA) is 43.9 Å². The molecule has 6 aromatic rings. The van der Waals surface area contributed by atoms with Crippen LogP contribution >= 0.6 is 0 Å². The molecule has 0 bridgehead atoms. The van der Waals surface area contributed by atoms with Gasteiger partial charge in [0.2, 0.25) is 5.71 Å². The summed E-state index contributed by atoms with van der Waals surface area (Å²) in [5, 5.41) is 2.19. The Kier molecular flexibility index (Phi) is 5.63. The number of nitrogens with zero attached hydrogens (tertiary/aromatic N) is 3. The molecule has 3 aromatic carbocycles. The van der Waals surface area contributed by atoms with Gasteiger partial charge in [0.15, 0.2) is 0 Å². The molecule has 0 aliphatic carbocycles. The molecule has 0 spiro atoms. The zero-order valence-corrected chi connectivity index (χ0v) is 22.4. The van der Waals surface area contributed by atoms with Crippen molar-refractivity contribution in [2.45, 2.75) is 59.3 Å². The van der Waals surface area contributed by atoms with E-state index in [9.17, 15) is 0 Å². The van der Waals surface area contributed by atoms with Crippen molar-refractivity contribution in [1.29, 1.82) is 0 Å². The van der Waals surface area contributed by atoms with Crippen molar-refractivity contribution in [2.75, 3.05) is 0 Å². The van der Waals surface area contributed by atoms with E-state index in [-0.39, 0.29) is 0 Å². The summed E-state index contributed by atoms with van der Waals surface area (Å²) in [6.07, 6.45) is 1.79. The molecule has 3 heterocycles. The molecule has 0 saturated heterocycles. The maximum absolute atomic E-state index is 6.51. The second kappa shape index (κ2) is 8.88. The lowest BCUT2D eigenvalue weighted by Gasteiger charge is -2.22. The number of aromatic nitrogens is 3. The Morgan fingerprint density at radius 1 is 0.703 bits per heavy atom. The highest BCUT2D eigenvalue weighted by Gasteiger charge is 2.25. The number of imidazole rings is 1. The molecule has 0 fully saturated rings. The van der Waals surface area contributed by atoms with Crippen LogP contribution in [0, 0.1) is 0 Å². The molecule has 6 rings (SSSR count). The summed E-state index contributed by atoms with van der Waals surface area (Å²) in [6.45, 7) is 13.5. The summed E-state index contributed by atoms with van der Waals surface area (Å²) in [5.41, 5.74) is 9.70. The van der Waals surface area contributed by atoms with Crippen LogP contribution in [0.15, 0.2) is 77.3 Å². The fourth-order valence-electron chi connectivity index (χ4n) is 5.60. The number of pyridine rings is 1. The largest absolute Gasteiger partial charge is 0.437 e. The Bertz CT molecular complexity index is 1740. The fourth-order valence-corrected chi connectivity index (χ4v) is 5.60. The van der Waals surface area contributed by atoms with E-state index in [4.69, 9.17) is 9.40 Å². The quantitative estimate of drug-likeness (QED) is 0.243. The van der Waals surface area contributed by atoms with Gasteiger partial charge in [-0.2, -0.15) is 0 Å². The summed E-state index contributed by atoms with van der Waals surface area (Å²) in [5.74, 6) is 1.98. The summed E-state index contributed by atoms with van der Waals surface area (Å²) in [4.78, 5) is 9.80. The van der Waals surface area contributed by atoms with Gasteiger partial charge in [-0.3, -0.25) is 4.57 Å². The highest BCUT2D eigenvalue weighted by Crippen LogP contribution is 2.42. The van der Waals surface area contributed by atoms with Gasteiger partial charge in [-0.25, -0.2) is 9.97 Å². The monoisotopic (exact) mass is 487 g/mol. The number of hydrogen-bond acceptors (Lipinski definition) is 3. The average molecular weight is 488 g/mol. The summed E-state index contributed by atoms with van der Waals surface area (Å²) in [6, 6.07) is 23.7. The zero-order chi connectivity index (χ0) is 25.8. The van der Waals surface area contributed by atoms with Crippen molar-refractivity contribution in [3.8, 4) is 17.1 Å². The molecule has 0 radical (unpaired) electrons. The van der Waals surface area contributed by atoms with Gasteiger partial charge in [-0.05, 0) is 64.8 Å². The molecule has 0 unspecified atom stereocenters. The predicted octanol–water partition coefficient (Wildman–Crippen LogP) is 9.36. The van der Waals surface area contributed by atoms with E-state index in [0.717, 1.165) is 38.8 Å². The van der Waals surface area contributed by atoms with Gasteiger partial charge in [0.1, 0.15) is 11.4 Å². The van der Waals surface area contributed by atoms with E-state index in [1.165, 1.54) is 22.4 Å². The maximum Gasteiger partial charge on any atom is 0.227 e. The first kappa shape index (κ1) is 23.5. The van der Waals surface area contributed by atoms with Crippen LogP contribution in [-0.4, -0.2) is 14.5 Å². The van der Waals surface area contributed by atoms with E-state index in [0.29, 0.717) is 23.5 Å². The third-order valence-electron chi connectivity index (χ3n) is 7.42. The lowest BCUT2D eigenvalue weighted by atomic mass is 9.92. The van der Waals surface area contributed by atoms with Crippen molar-refractivity contribution in [2.24, 2.45) is 0 Å². The Morgan fingerprint density at radius 3 is 2.11 bits per heavy atom. The minimum atomic E-state index is 0.352. The van der Waals surface area contributed by atoms with Crippen LogP contribution in [0.2, 0.25) is 0 Å². The molecular weight excluding hydrogens is 454 g/mol. The van der Waals surface area contributed by atoms with Crippen molar-refractivity contribution < 1.29 is 4.42 Å². The second-order valence-corrected chi connectivity index (χ2v) is 10.9. The number of hydrogen-bond donors (Lipinski definition) is 0. The van der Waals surface area contributed by atoms with E-state index < -0.39 is 0 Å². The van der Waals surface area contributed by atoms with Crippen molar-refractivity contribution in [3.05, 3.63) is 89.6 Å². The van der Waals surface area contributed by atoms with Gasteiger partial charge in [-0.15, -0.1) is 0 Å². The molecule has 0 N–H and O–H groups in total. The van der Waals surface area contributed by atoms with Gasteiger partial charge < -0.3 is 4.42 Å². The van der Waals surface area contributed by atoms with Gasteiger partial charge >= 0.3 is 0 Å². The number of benzene rings is 3. The van der Waals surface area contributed by atoms with Crippen molar-refractivity contribution in [1.82, 2.24) is 14.5 Å². The van der Waals surface area contributed by atoms with Crippen LogP contribution in [0.5, 0.6) is 0 Å². The lowest BCUT2D eigenvalue weighted by molar-refractivity contribution is 0.654. The first-order valence-corrected chi connectivity index (χ1v) is 13.3. The number of fused-ring (bicyclic) bond motifs is 4. The SMILES string of the molecule is CC(C)c1cccc(C(C)C)c1-n1c(-c2ccc(C(C)C)c3c2oc2ncccc23)nc2ccccc21. The molecular formula is C33H33N3O. The normalized spacial score (nSPS) is 12.2. The third kappa shape index (κ3) is 3.66. The number of rotatable bonds is 5. The van der Waals surface area contributed by atoms with Crippen molar-refractivity contribution >= 4 is 33.1 Å². The highest BCUT2D eigenvalue weighted by molar-refractivity contribution is 6.10. The van der Waals surface area contributed by atoms with E-state index in [2.05, 4.69) is 112 Å². The van der Waals surface area contributed by atoms with Crippen LogP contribution in [0.3, 0.4) is 0 Å². The average Bonchev–Trinajstić information content (AvgIpc) is 3.46. The van der Waals surface area contributed by atoms with Crippen LogP contribution in [-0.2, 0) is 0 Å². The van der Waals surface area contributed by atoms with Crippen molar-refractivity contribution in [3.63, 3.8) is 0 Å². The number of para-hydroxylation sites is 3. The second-order valence-electron chi connectivity index (χ2n) is 10.9. The molecule has 0 aliphatic heterocycles. The molecule has 186 valence electrons. The summed E-state index contributed by atoms with van der Waals surface area (Å²) in [7, 11) is 0. The van der Waals surface area contributed by atoms with E-state index >= 15 is 0 Å². The first-order chi connectivity index (χ1) is 17.9. The highest BCUT2D eigenvalue weighted by atomic mass is 16.3. The Morgan fingerprint density at radius 2 is 1.41 bits per heavy atom. The standard InChI is InChI=1S/C33H33N3O/c1-19(2)22-16-17-26(31-29(22)25-13-10-18-34-33(25)37-31)32-35-27-14-7-8-15-28(27)36(32)30-23(20(3)4)11-9-12-24(30)21(5)6/h7-21H,1-6H3. The minimum absolute atomic E-state index is 0.352. The Labute approximate surface area is 218 Å². The van der Waals surface area contributed by atoms with Crippen LogP contribution < -0.4 is 0 Å². The van der Waals surface area contributed by atoms with E-state index in [1.807, 2.05) is 6.07 Å². The summed E-state index contributed by atoms with van der Waals surface area (Å²) >= 11 is 0. The smallest absolute Gasteiger partial charge is 0.227 e. The van der Waals surface area contributed by atoms with Gasteiger partial charge in [-0.1, -0.05) is 77.9 Å². The maximum atomic E-state index is 6.51. The number of furan rings is 1. The fraction of sp³-hybridized carbons (Fsp3) is 0.273. The molecule has 4 nitrogen and oxygen atoms in total. The first-order valence-electron chi connectivity index (χ1n) is 13.3. The molecule has 3 aromatic heterocycles. The van der Waals surface area contributed by atoms with Gasteiger partial charge in [0.25, 0.3) is 0 Å². The van der Waals surface area contributed by atoms with Gasteiger partial charge in [0.05, 0.1) is 22.3 Å². The molecule has 37 heavy (non-hydrogen) atoms. The minimum Gasteiger partial charge on any atom is -0.437 e. The molecule has 0 saturated carbocycles. The molecule has 0 aliphatic rings.